The molecule has 0 radical (unpaired) electrons. The first kappa shape index (κ1) is 22.4. The third kappa shape index (κ3) is 5.31. The Morgan fingerprint density at radius 1 is 1.12 bits per heavy atom. The number of aromatic amines is 1. The lowest BCUT2D eigenvalue weighted by molar-refractivity contribution is -0.137. The van der Waals surface area contributed by atoms with Gasteiger partial charge in [0.25, 0.3) is 0 Å². The van der Waals surface area contributed by atoms with Crippen molar-refractivity contribution in [2.75, 3.05) is 39.4 Å². The van der Waals surface area contributed by atoms with Crippen LogP contribution in [-0.2, 0) is 15.7 Å². The van der Waals surface area contributed by atoms with Gasteiger partial charge in [-0.15, -0.1) is 0 Å². The molecule has 8 heteroatoms. The molecule has 0 aliphatic carbocycles. The molecule has 1 atom stereocenters. The van der Waals surface area contributed by atoms with Crippen molar-refractivity contribution in [3.63, 3.8) is 0 Å². The zero-order valence-electron chi connectivity index (χ0n) is 17.6. The van der Waals surface area contributed by atoms with Crippen molar-refractivity contribution in [3.8, 4) is 0 Å². The minimum Gasteiger partial charge on any atom is -0.379 e. The van der Waals surface area contributed by atoms with E-state index in [9.17, 15) is 18.0 Å². The number of H-pyrrole nitrogens is 1. The molecule has 170 valence electrons. The Morgan fingerprint density at radius 3 is 2.69 bits per heavy atom. The minimum absolute atomic E-state index is 0.0618. The minimum atomic E-state index is -4.44. The topological polar surface area (TPSA) is 57.4 Å². The molecule has 2 heterocycles. The monoisotopic (exact) mass is 445 g/mol. The molecule has 1 fully saturated rings. The Bertz CT molecular complexity index is 1060. The number of carbonyl (C=O) groups is 1. The highest BCUT2D eigenvalue weighted by Gasteiger charge is 2.31. The molecule has 1 aliphatic heterocycles. The summed E-state index contributed by atoms with van der Waals surface area (Å²) in [7, 11) is 0. The van der Waals surface area contributed by atoms with Crippen LogP contribution >= 0.6 is 0 Å². The second kappa shape index (κ2) is 9.75. The highest BCUT2D eigenvalue weighted by molar-refractivity contribution is 5.86. The van der Waals surface area contributed by atoms with Gasteiger partial charge in [-0.2, -0.15) is 13.2 Å². The summed E-state index contributed by atoms with van der Waals surface area (Å²) in [4.78, 5) is 18.2. The SMILES string of the molecule is O=C(C[C@H](c1cccc(C(F)(F)F)c1)c1c[nH]c2ccccc12)NCCN1CCOCC1. The van der Waals surface area contributed by atoms with E-state index in [1.54, 1.807) is 12.3 Å². The third-order valence-electron chi connectivity index (χ3n) is 5.86. The Morgan fingerprint density at radius 2 is 1.91 bits per heavy atom. The van der Waals surface area contributed by atoms with Crippen molar-refractivity contribution < 1.29 is 22.7 Å². The van der Waals surface area contributed by atoms with Crippen LogP contribution in [0.1, 0.15) is 29.0 Å². The number of benzene rings is 2. The summed E-state index contributed by atoms with van der Waals surface area (Å²) in [6.07, 6.45) is -2.59. The number of rotatable bonds is 7. The summed E-state index contributed by atoms with van der Waals surface area (Å²) >= 11 is 0. The van der Waals surface area contributed by atoms with E-state index in [4.69, 9.17) is 4.74 Å². The lowest BCUT2D eigenvalue weighted by Gasteiger charge is -2.26. The number of aromatic nitrogens is 1. The molecule has 5 nitrogen and oxygen atoms in total. The number of halogens is 3. The van der Waals surface area contributed by atoms with E-state index in [1.807, 2.05) is 24.3 Å². The maximum Gasteiger partial charge on any atom is 0.416 e. The van der Waals surface area contributed by atoms with Crippen LogP contribution in [-0.4, -0.2) is 55.2 Å². The fourth-order valence-electron chi connectivity index (χ4n) is 4.16. The first-order valence-corrected chi connectivity index (χ1v) is 10.7. The molecular weight excluding hydrogens is 419 g/mol. The Balaban J connectivity index is 1.55. The van der Waals surface area contributed by atoms with Crippen LogP contribution in [0.25, 0.3) is 10.9 Å². The molecule has 0 saturated carbocycles. The first-order chi connectivity index (χ1) is 15.4. The number of hydrogen-bond acceptors (Lipinski definition) is 3. The van der Waals surface area contributed by atoms with Gasteiger partial charge in [-0.25, -0.2) is 0 Å². The number of morpholine rings is 1. The number of fused-ring (bicyclic) bond motifs is 1. The highest BCUT2D eigenvalue weighted by Crippen LogP contribution is 2.36. The number of nitrogens with one attached hydrogen (secondary N) is 2. The second-order valence-corrected chi connectivity index (χ2v) is 7.97. The Labute approximate surface area is 184 Å². The largest absolute Gasteiger partial charge is 0.416 e. The van der Waals surface area contributed by atoms with Crippen LogP contribution in [0.15, 0.2) is 54.7 Å². The standard InChI is InChI=1S/C24H26F3N3O2/c25-24(26,27)18-5-3-4-17(14-18)20(21-16-29-22-7-2-1-6-19(21)22)15-23(31)28-8-9-30-10-12-32-13-11-30/h1-7,14,16,20,29H,8-13,15H2,(H,28,31)/t20-/m1/s1. The van der Waals surface area contributed by atoms with E-state index < -0.39 is 17.7 Å². The van der Waals surface area contributed by atoms with Gasteiger partial charge in [-0.3, -0.25) is 9.69 Å². The number of alkyl halides is 3. The number of para-hydroxylation sites is 1. The smallest absolute Gasteiger partial charge is 0.379 e. The average molecular weight is 445 g/mol. The summed E-state index contributed by atoms with van der Waals surface area (Å²) < 4.78 is 45.3. The fraction of sp³-hybridized carbons (Fsp3) is 0.375. The van der Waals surface area contributed by atoms with E-state index in [2.05, 4.69) is 15.2 Å². The number of hydrogen-bond donors (Lipinski definition) is 2. The average Bonchev–Trinajstić information content (AvgIpc) is 3.22. The first-order valence-electron chi connectivity index (χ1n) is 10.7. The maximum absolute atomic E-state index is 13.3. The summed E-state index contributed by atoms with van der Waals surface area (Å²) in [5.41, 5.74) is 1.44. The lowest BCUT2D eigenvalue weighted by atomic mass is 9.87. The van der Waals surface area contributed by atoms with E-state index in [1.165, 1.54) is 6.07 Å². The van der Waals surface area contributed by atoms with Gasteiger partial charge in [0, 0.05) is 55.6 Å². The summed E-state index contributed by atoms with van der Waals surface area (Å²) in [5.74, 6) is -0.692. The molecular formula is C24H26F3N3O2. The van der Waals surface area contributed by atoms with Crippen LogP contribution in [0.4, 0.5) is 13.2 Å². The molecule has 3 aromatic rings. The van der Waals surface area contributed by atoms with Crippen LogP contribution in [0, 0.1) is 0 Å². The van der Waals surface area contributed by atoms with Gasteiger partial charge in [0.2, 0.25) is 5.91 Å². The van der Waals surface area contributed by atoms with Crippen molar-refractivity contribution in [2.45, 2.75) is 18.5 Å². The number of ether oxygens (including phenoxy) is 1. The third-order valence-corrected chi connectivity index (χ3v) is 5.86. The van der Waals surface area contributed by atoms with Gasteiger partial charge in [-0.05, 0) is 23.3 Å². The molecule has 0 bridgehead atoms. The predicted octanol–water partition coefficient (Wildman–Crippen LogP) is 4.16. The number of carbonyl (C=O) groups excluding carboxylic acids is 1. The Hall–Kier alpha value is -2.84. The van der Waals surface area contributed by atoms with Crippen LogP contribution in [0.5, 0.6) is 0 Å². The molecule has 1 saturated heterocycles. The quantitative estimate of drug-likeness (QED) is 0.574. The summed E-state index contributed by atoms with van der Waals surface area (Å²) in [6, 6.07) is 12.8. The lowest BCUT2D eigenvalue weighted by Crippen LogP contribution is -2.41. The summed E-state index contributed by atoms with van der Waals surface area (Å²) in [5, 5.41) is 3.83. The zero-order chi connectivity index (χ0) is 22.6. The van der Waals surface area contributed by atoms with Crippen LogP contribution < -0.4 is 5.32 Å². The van der Waals surface area contributed by atoms with E-state index in [0.29, 0.717) is 25.3 Å². The molecule has 0 spiro atoms. The van der Waals surface area contributed by atoms with Crippen LogP contribution in [0.3, 0.4) is 0 Å². The molecule has 32 heavy (non-hydrogen) atoms. The molecule has 0 unspecified atom stereocenters. The van der Waals surface area contributed by atoms with Gasteiger partial charge in [0.15, 0.2) is 0 Å². The predicted molar refractivity (Wildman–Crippen MR) is 116 cm³/mol. The van der Waals surface area contributed by atoms with Gasteiger partial charge < -0.3 is 15.0 Å². The number of nitrogens with zero attached hydrogens (tertiary/aromatic N) is 1. The maximum atomic E-state index is 13.3. The number of amides is 1. The van der Waals surface area contributed by atoms with E-state index in [-0.39, 0.29) is 12.3 Å². The van der Waals surface area contributed by atoms with E-state index in [0.717, 1.165) is 48.2 Å². The molecule has 2 N–H and O–H groups in total. The molecule has 2 aromatic carbocycles. The van der Waals surface area contributed by atoms with Crippen molar-refractivity contribution in [1.82, 2.24) is 15.2 Å². The highest BCUT2D eigenvalue weighted by atomic mass is 19.4. The zero-order valence-corrected chi connectivity index (χ0v) is 17.6. The van der Waals surface area contributed by atoms with Gasteiger partial charge in [-0.1, -0.05) is 36.4 Å². The van der Waals surface area contributed by atoms with Crippen molar-refractivity contribution in [3.05, 3.63) is 71.4 Å². The molecule has 4 rings (SSSR count). The van der Waals surface area contributed by atoms with Gasteiger partial charge in [0.1, 0.15) is 0 Å². The fourth-order valence-corrected chi connectivity index (χ4v) is 4.16. The van der Waals surface area contributed by atoms with Crippen molar-refractivity contribution in [2.24, 2.45) is 0 Å². The molecule has 1 amide bonds. The molecule has 1 aliphatic rings. The van der Waals surface area contributed by atoms with Gasteiger partial charge in [0.05, 0.1) is 18.8 Å². The second-order valence-electron chi connectivity index (χ2n) is 7.97. The van der Waals surface area contributed by atoms with E-state index >= 15 is 0 Å². The van der Waals surface area contributed by atoms with Crippen molar-refractivity contribution >= 4 is 16.8 Å². The van der Waals surface area contributed by atoms with Crippen molar-refractivity contribution in [1.29, 1.82) is 0 Å². The van der Waals surface area contributed by atoms with Gasteiger partial charge >= 0.3 is 6.18 Å². The van der Waals surface area contributed by atoms with Crippen LogP contribution in [0.2, 0.25) is 0 Å². The normalized spacial score (nSPS) is 16.2. The molecule has 1 aromatic heterocycles. The summed E-state index contributed by atoms with van der Waals surface area (Å²) in [6.45, 7) is 4.24. The Kier molecular flexibility index (Phi) is 6.81.